The molecule has 3 nitrogen and oxygen atoms in total. The minimum absolute atomic E-state index is 0.758. The fraction of sp³-hybridized carbons (Fsp3) is 1.00. The normalized spacial score (nSPS) is 26.6. The van der Waals surface area contributed by atoms with Gasteiger partial charge in [-0.15, -0.1) is 0 Å². The molecule has 0 aliphatic heterocycles. The summed E-state index contributed by atoms with van der Waals surface area (Å²) in [6.45, 7) is 6.29. The van der Waals surface area contributed by atoms with Gasteiger partial charge < -0.3 is 15.4 Å². The molecule has 1 saturated carbocycles. The van der Waals surface area contributed by atoms with Gasteiger partial charge in [-0.05, 0) is 25.2 Å². The zero-order valence-corrected chi connectivity index (χ0v) is 10.9. The van der Waals surface area contributed by atoms with E-state index in [0.717, 1.165) is 38.2 Å². The molecule has 3 heteroatoms. The standard InChI is InChI=1S/C13H28N2O/c1-12-4-3-5-13(7-6-12)15-9-8-14-10-11-16-2/h12-15H,3-11H2,1-2H3. The first-order valence-corrected chi connectivity index (χ1v) is 6.76. The first-order valence-electron chi connectivity index (χ1n) is 6.76. The summed E-state index contributed by atoms with van der Waals surface area (Å²) in [5, 5.41) is 7.02. The van der Waals surface area contributed by atoms with Crippen LogP contribution in [0, 0.1) is 5.92 Å². The molecule has 0 heterocycles. The molecule has 0 amide bonds. The monoisotopic (exact) mass is 228 g/mol. The van der Waals surface area contributed by atoms with Gasteiger partial charge in [-0.2, -0.15) is 0 Å². The van der Waals surface area contributed by atoms with E-state index >= 15 is 0 Å². The molecule has 0 radical (unpaired) electrons. The molecule has 2 atom stereocenters. The molecule has 0 spiro atoms. The zero-order valence-electron chi connectivity index (χ0n) is 10.9. The summed E-state index contributed by atoms with van der Waals surface area (Å²) < 4.78 is 4.98. The van der Waals surface area contributed by atoms with Crippen molar-refractivity contribution in [2.75, 3.05) is 33.4 Å². The van der Waals surface area contributed by atoms with Crippen molar-refractivity contribution in [3.05, 3.63) is 0 Å². The van der Waals surface area contributed by atoms with Crippen LogP contribution >= 0.6 is 0 Å². The molecule has 2 unspecified atom stereocenters. The number of hydrogen-bond acceptors (Lipinski definition) is 3. The molecule has 96 valence electrons. The summed E-state index contributed by atoms with van der Waals surface area (Å²) in [4.78, 5) is 0. The summed E-state index contributed by atoms with van der Waals surface area (Å²) in [6.07, 6.45) is 6.94. The summed E-state index contributed by atoms with van der Waals surface area (Å²) in [5.74, 6) is 0.937. The Balaban J connectivity index is 1.95. The van der Waals surface area contributed by atoms with Gasteiger partial charge in [-0.25, -0.2) is 0 Å². The van der Waals surface area contributed by atoms with Crippen molar-refractivity contribution in [2.24, 2.45) is 5.92 Å². The average Bonchev–Trinajstić information content (AvgIpc) is 2.49. The van der Waals surface area contributed by atoms with Gasteiger partial charge in [0.1, 0.15) is 0 Å². The van der Waals surface area contributed by atoms with Gasteiger partial charge in [0.25, 0.3) is 0 Å². The first-order chi connectivity index (χ1) is 7.83. The second kappa shape index (κ2) is 8.97. The lowest BCUT2D eigenvalue weighted by molar-refractivity contribution is 0.199. The van der Waals surface area contributed by atoms with Crippen molar-refractivity contribution in [1.29, 1.82) is 0 Å². The topological polar surface area (TPSA) is 33.3 Å². The van der Waals surface area contributed by atoms with E-state index < -0.39 is 0 Å². The van der Waals surface area contributed by atoms with Crippen molar-refractivity contribution in [1.82, 2.24) is 10.6 Å². The number of ether oxygens (including phenoxy) is 1. The van der Waals surface area contributed by atoms with Crippen LogP contribution in [0.15, 0.2) is 0 Å². The highest BCUT2D eigenvalue weighted by molar-refractivity contribution is 4.73. The molecule has 1 aliphatic carbocycles. The van der Waals surface area contributed by atoms with Gasteiger partial charge in [-0.1, -0.05) is 19.8 Å². The highest BCUT2D eigenvalue weighted by atomic mass is 16.5. The molecular weight excluding hydrogens is 200 g/mol. The maximum atomic E-state index is 4.98. The third-order valence-corrected chi connectivity index (χ3v) is 3.48. The van der Waals surface area contributed by atoms with E-state index in [1.807, 2.05) is 0 Å². The number of methoxy groups -OCH3 is 1. The van der Waals surface area contributed by atoms with E-state index in [2.05, 4.69) is 17.6 Å². The molecule has 1 aliphatic rings. The van der Waals surface area contributed by atoms with E-state index in [-0.39, 0.29) is 0 Å². The molecule has 0 aromatic rings. The van der Waals surface area contributed by atoms with Crippen LogP contribution in [0.1, 0.15) is 39.0 Å². The fourth-order valence-corrected chi connectivity index (χ4v) is 2.36. The Morgan fingerprint density at radius 2 is 1.94 bits per heavy atom. The molecule has 1 rings (SSSR count). The molecule has 1 fully saturated rings. The SMILES string of the molecule is COCCNCCNC1CCCC(C)CC1. The van der Waals surface area contributed by atoms with Gasteiger partial charge >= 0.3 is 0 Å². The molecule has 0 saturated heterocycles. The Bertz CT molecular complexity index is 164. The largest absolute Gasteiger partial charge is 0.383 e. The Labute approximate surface area is 100 Å². The van der Waals surface area contributed by atoms with Crippen LogP contribution < -0.4 is 10.6 Å². The van der Waals surface area contributed by atoms with E-state index in [9.17, 15) is 0 Å². The quantitative estimate of drug-likeness (QED) is 0.515. The zero-order chi connectivity index (χ0) is 11.6. The Hall–Kier alpha value is -0.120. The van der Waals surface area contributed by atoms with Crippen molar-refractivity contribution in [3.63, 3.8) is 0 Å². The highest BCUT2D eigenvalue weighted by Crippen LogP contribution is 2.22. The molecule has 0 aromatic carbocycles. The Morgan fingerprint density at radius 1 is 1.06 bits per heavy atom. The number of rotatable bonds is 7. The summed E-state index contributed by atoms with van der Waals surface area (Å²) in [6, 6.07) is 0.758. The molecule has 2 N–H and O–H groups in total. The third-order valence-electron chi connectivity index (χ3n) is 3.48. The predicted octanol–water partition coefficient (Wildman–Crippen LogP) is 1.78. The fourth-order valence-electron chi connectivity index (χ4n) is 2.36. The Kier molecular flexibility index (Phi) is 7.81. The summed E-state index contributed by atoms with van der Waals surface area (Å²) in [5.41, 5.74) is 0. The van der Waals surface area contributed by atoms with Crippen LogP contribution in [0.4, 0.5) is 0 Å². The molecule has 0 bridgehead atoms. The van der Waals surface area contributed by atoms with Gasteiger partial charge in [0, 0.05) is 32.8 Å². The van der Waals surface area contributed by atoms with E-state index in [1.54, 1.807) is 7.11 Å². The second-order valence-electron chi connectivity index (χ2n) is 5.01. The minimum atomic E-state index is 0.758. The molecular formula is C13H28N2O. The van der Waals surface area contributed by atoms with Crippen LogP contribution in [0.2, 0.25) is 0 Å². The molecule has 0 aromatic heterocycles. The van der Waals surface area contributed by atoms with Crippen LogP contribution in [0.5, 0.6) is 0 Å². The van der Waals surface area contributed by atoms with Crippen LogP contribution in [0.3, 0.4) is 0 Å². The van der Waals surface area contributed by atoms with E-state index in [4.69, 9.17) is 4.74 Å². The molecule has 16 heavy (non-hydrogen) atoms. The van der Waals surface area contributed by atoms with Crippen molar-refractivity contribution < 1.29 is 4.74 Å². The van der Waals surface area contributed by atoms with Gasteiger partial charge in [0.2, 0.25) is 0 Å². The third kappa shape index (κ3) is 6.46. The number of hydrogen-bond donors (Lipinski definition) is 2. The maximum Gasteiger partial charge on any atom is 0.0587 e. The second-order valence-corrected chi connectivity index (χ2v) is 5.01. The van der Waals surface area contributed by atoms with Gasteiger partial charge in [0.05, 0.1) is 6.61 Å². The van der Waals surface area contributed by atoms with Crippen LogP contribution in [0.25, 0.3) is 0 Å². The van der Waals surface area contributed by atoms with Crippen molar-refractivity contribution >= 4 is 0 Å². The maximum absolute atomic E-state index is 4.98. The van der Waals surface area contributed by atoms with Crippen LogP contribution in [-0.4, -0.2) is 39.4 Å². The average molecular weight is 228 g/mol. The summed E-state index contributed by atoms with van der Waals surface area (Å²) in [7, 11) is 1.74. The Morgan fingerprint density at radius 3 is 2.75 bits per heavy atom. The van der Waals surface area contributed by atoms with Crippen LogP contribution in [-0.2, 0) is 4.74 Å². The highest BCUT2D eigenvalue weighted by Gasteiger charge is 2.14. The predicted molar refractivity (Wildman–Crippen MR) is 68.8 cm³/mol. The minimum Gasteiger partial charge on any atom is -0.383 e. The smallest absolute Gasteiger partial charge is 0.0587 e. The lowest BCUT2D eigenvalue weighted by atomic mass is 10.0. The van der Waals surface area contributed by atoms with E-state index in [1.165, 1.54) is 32.1 Å². The van der Waals surface area contributed by atoms with Crippen molar-refractivity contribution in [3.8, 4) is 0 Å². The lowest BCUT2D eigenvalue weighted by Crippen LogP contribution is -2.35. The number of nitrogens with one attached hydrogen (secondary N) is 2. The lowest BCUT2D eigenvalue weighted by Gasteiger charge is -2.16. The van der Waals surface area contributed by atoms with Crippen molar-refractivity contribution in [2.45, 2.75) is 45.1 Å². The van der Waals surface area contributed by atoms with Gasteiger partial charge in [0.15, 0.2) is 0 Å². The summed E-state index contributed by atoms with van der Waals surface area (Å²) >= 11 is 0. The van der Waals surface area contributed by atoms with E-state index in [0.29, 0.717) is 0 Å². The van der Waals surface area contributed by atoms with Gasteiger partial charge in [-0.3, -0.25) is 0 Å². The first kappa shape index (κ1) is 13.9.